The molecular formula is C20H21BrF3N5O. The van der Waals surface area contributed by atoms with Crippen LogP contribution >= 0.6 is 15.9 Å². The van der Waals surface area contributed by atoms with Gasteiger partial charge in [0.05, 0.1) is 6.61 Å². The van der Waals surface area contributed by atoms with Gasteiger partial charge in [-0.1, -0.05) is 30.3 Å². The first-order chi connectivity index (χ1) is 14.3. The van der Waals surface area contributed by atoms with Gasteiger partial charge in [-0.15, -0.1) is 0 Å². The summed E-state index contributed by atoms with van der Waals surface area (Å²) in [5.41, 5.74) is 0.0496. The summed E-state index contributed by atoms with van der Waals surface area (Å²) < 4.78 is 41.8. The van der Waals surface area contributed by atoms with Gasteiger partial charge in [-0.25, -0.2) is 4.98 Å². The van der Waals surface area contributed by atoms with E-state index >= 15 is 0 Å². The molecule has 1 aliphatic rings. The molecule has 6 nitrogen and oxygen atoms in total. The first kappa shape index (κ1) is 21.1. The Balaban J connectivity index is 1.62. The first-order valence-electron chi connectivity index (χ1n) is 9.58. The number of nitrogens with one attached hydrogen (secondary N) is 2. The maximum Gasteiger partial charge on any atom is 0.433 e. The average Bonchev–Trinajstić information content (AvgIpc) is 3.07. The Morgan fingerprint density at radius 2 is 1.93 bits per heavy atom. The van der Waals surface area contributed by atoms with Crippen LogP contribution in [-0.2, 0) is 11.6 Å². The molecule has 3 N–H and O–H groups in total. The zero-order chi connectivity index (χ0) is 21.4. The van der Waals surface area contributed by atoms with Crippen molar-refractivity contribution in [2.75, 3.05) is 25.0 Å². The quantitative estimate of drug-likeness (QED) is 0.478. The third kappa shape index (κ3) is 4.17. The van der Waals surface area contributed by atoms with Crippen molar-refractivity contribution in [2.24, 2.45) is 0 Å². The van der Waals surface area contributed by atoms with E-state index in [0.29, 0.717) is 17.7 Å². The number of benzene rings is 1. The van der Waals surface area contributed by atoms with Crippen LogP contribution in [0.5, 0.6) is 0 Å². The summed E-state index contributed by atoms with van der Waals surface area (Å²) in [6.07, 6.45) is -2.93. The molecule has 1 saturated carbocycles. The van der Waals surface area contributed by atoms with Gasteiger partial charge in [-0.2, -0.15) is 22.8 Å². The molecule has 1 aliphatic carbocycles. The van der Waals surface area contributed by atoms with Crippen LogP contribution in [0.25, 0.3) is 5.65 Å². The van der Waals surface area contributed by atoms with Gasteiger partial charge in [0.1, 0.15) is 10.4 Å². The Morgan fingerprint density at radius 1 is 1.20 bits per heavy atom. The van der Waals surface area contributed by atoms with Gasteiger partial charge in [0.25, 0.3) is 0 Å². The van der Waals surface area contributed by atoms with E-state index in [2.05, 4.69) is 36.6 Å². The van der Waals surface area contributed by atoms with Crippen LogP contribution in [0, 0.1) is 0 Å². The summed E-state index contributed by atoms with van der Waals surface area (Å²) in [6.45, 7) is 1.03. The Morgan fingerprint density at radius 3 is 2.60 bits per heavy atom. The number of fused-ring (bicyclic) bond motifs is 1. The maximum absolute atomic E-state index is 13.3. The normalized spacial score (nSPS) is 21.6. The Bertz CT molecular complexity index is 1020. The van der Waals surface area contributed by atoms with Crippen LogP contribution in [0.2, 0.25) is 0 Å². The Hall–Kier alpha value is -2.17. The fraction of sp³-hybridized carbons (Fsp3) is 0.400. The van der Waals surface area contributed by atoms with Gasteiger partial charge >= 0.3 is 6.18 Å². The number of halogens is 4. The highest BCUT2D eigenvalue weighted by molar-refractivity contribution is 9.10. The highest BCUT2D eigenvalue weighted by atomic mass is 79.9. The van der Waals surface area contributed by atoms with Crippen molar-refractivity contribution in [1.82, 2.24) is 19.9 Å². The van der Waals surface area contributed by atoms with Crippen molar-refractivity contribution in [2.45, 2.75) is 30.5 Å². The van der Waals surface area contributed by atoms with Crippen LogP contribution in [0.3, 0.4) is 0 Å². The second-order valence-electron chi connectivity index (χ2n) is 7.54. The predicted molar refractivity (Wildman–Crippen MR) is 110 cm³/mol. The van der Waals surface area contributed by atoms with Crippen molar-refractivity contribution >= 4 is 27.4 Å². The van der Waals surface area contributed by atoms with Crippen molar-refractivity contribution in [3.05, 3.63) is 58.3 Å². The molecule has 0 radical (unpaired) electrons. The van der Waals surface area contributed by atoms with E-state index < -0.39 is 11.9 Å². The molecule has 0 saturated heterocycles. The van der Waals surface area contributed by atoms with Crippen LogP contribution in [0.4, 0.5) is 19.0 Å². The highest BCUT2D eigenvalue weighted by Gasteiger charge is 2.45. The van der Waals surface area contributed by atoms with Gasteiger partial charge in [-0.3, -0.25) is 0 Å². The molecule has 0 aliphatic heterocycles. The van der Waals surface area contributed by atoms with E-state index in [-0.39, 0.29) is 29.5 Å². The van der Waals surface area contributed by atoms with Gasteiger partial charge < -0.3 is 15.7 Å². The third-order valence-electron chi connectivity index (χ3n) is 5.50. The van der Waals surface area contributed by atoms with Crippen molar-refractivity contribution < 1.29 is 18.3 Å². The average molecular weight is 484 g/mol. The Kier molecular flexibility index (Phi) is 5.73. The van der Waals surface area contributed by atoms with Gasteiger partial charge in [0, 0.05) is 36.7 Å². The second kappa shape index (κ2) is 8.16. The monoisotopic (exact) mass is 483 g/mol. The lowest BCUT2D eigenvalue weighted by molar-refractivity contribution is -0.141. The zero-order valence-electron chi connectivity index (χ0n) is 16.0. The van der Waals surface area contributed by atoms with Gasteiger partial charge in [-0.05, 0) is 34.3 Å². The molecule has 160 valence electrons. The summed E-state index contributed by atoms with van der Waals surface area (Å²) in [4.78, 5) is 3.68. The lowest BCUT2D eigenvalue weighted by atomic mass is 9.61. The molecule has 0 spiro atoms. The molecule has 2 aromatic heterocycles. The van der Waals surface area contributed by atoms with Gasteiger partial charge in [0.15, 0.2) is 11.3 Å². The van der Waals surface area contributed by atoms with Crippen LogP contribution in [-0.4, -0.2) is 45.4 Å². The molecule has 0 unspecified atom stereocenters. The van der Waals surface area contributed by atoms with Crippen molar-refractivity contribution in [1.29, 1.82) is 0 Å². The number of aromatic nitrogens is 3. The molecule has 2 heterocycles. The fourth-order valence-corrected chi connectivity index (χ4v) is 4.41. The minimum Gasteiger partial charge on any atom is -0.395 e. The number of rotatable bonds is 7. The number of anilines is 1. The summed E-state index contributed by atoms with van der Waals surface area (Å²) in [6, 6.07) is 12.6. The number of aliphatic hydroxyl groups is 1. The second-order valence-corrected chi connectivity index (χ2v) is 8.36. The number of alkyl halides is 3. The summed E-state index contributed by atoms with van der Waals surface area (Å²) in [5.74, 6) is 0.236. The van der Waals surface area contributed by atoms with E-state index in [4.69, 9.17) is 5.11 Å². The van der Waals surface area contributed by atoms with Crippen LogP contribution in [0.1, 0.15) is 24.1 Å². The smallest absolute Gasteiger partial charge is 0.395 e. The van der Waals surface area contributed by atoms with Gasteiger partial charge in [0.2, 0.25) is 0 Å². The van der Waals surface area contributed by atoms with E-state index in [9.17, 15) is 13.2 Å². The predicted octanol–water partition coefficient (Wildman–Crippen LogP) is 3.60. The number of nitrogens with zero attached hydrogens (tertiary/aromatic N) is 3. The molecule has 3 aromatic rings. The van der Waals surface area contributed by atoms with Crippen LogP contribution < -0.4 is 10.6 Å². The molecule has 1 fully saturated rings. The summed E-state index contributed by atoms with van der Waals surface area (Å²) >= 11 is 3.21. The third-order valence-corrected chi connectivity index (χ3v) is 5.89. The molecule has 10 heteroatoms. The highest BCUT2D eigenvalue weighted by Crippen LogP contribution is 2.44. The SMILES string of the molecule is OCCNC1CC(CNc2cc(C(F)(F)F)nc3cc(Br)nn23)(c2ccccc2)C1. The Labute approximate surface area is 179 Å². The summed E-state index contributed by atoms with van der Waals surface area (Å²) in [5, 5.41) is 19.7. The van der Waals surface area contributed by atoms with Crippen LogP contribution in [0.15, 0.2) is 47.1 Å². The molecule has 1 aromatic carbocycles. The molecule has 4 rings (SSSR count). The zero-order valence-corrected chi connectivity index (χ0v) is 17.5. The lowest BCUT2D eigenvalue weighted by Crippen LogP contribution is -2.55. The minimum absolute atomic E-state index is 0.0660. The molecule has 0 bridgehead atoms. The largest absolute Gasteiger partial charge is 0.433 e. The topological polar surface area (TPSA) is 74.5 Å². The minimum atomic E-state index is -4.55. The van der Waals surface area contributed by atoms with E-state index in [1.165, 1.54) is 10.6 Å². The number of hydrogen-bond donors (Lipinski definition) is 3. The van der Waals surface area contributed by atoms with E-state index in [1.54, 1.807) is 0 Å². The fourth-order valence-electron chi connectivity index (χ4n) is 4.05. The lowest BCUT2D eigenvalue weighted by Gasteiger charge is -2.49. The molecular weight excluding hydrogens is 463 g/mol. The van der Waals surface area contributed by atoms with E-state index in [1.807, 2.05) is 30.3 Å². The summed E-state index contributed by atoms with van der Waals surface area (Å²) in [7, 11) is 0. The van der Waals surface area contributed by atoms with Crippen molar-refractivity contribution in [3.8, 4) is 0 Å². The number of aliphatic hydroxyl groups excluding tert-OH is 1. The van der Waals surface area contributed by atoms with Crippen molar-refractivity contribution in [3.63, 3.8) is 0 Å². The first-order valence-corrected chi connectivity index (χ1v) is 10.4. The molecule has 0 amide bonds. The molecule has 30 heavy (non-hydrogen) atoms. The standard InChI is InChI=1S/C20H21BrF3N5O/c21-16-9-18-27-15(20(22,23)24)8-17(29(18)28-16)26-12-19(13-4-2-1-3-5-13)10-14(11-19)25-6-7-30/h1-5,8-9,14,25-26,30H,6-7,10-12H2. The van der Waals surface area contributed by atoms with E-state index in [0.717, 1.165) is 24.5 Å². The maximum atomic E-state index is 13.3. The molecule has 0 atom stereocenters. The number of hydrogen-bond acceptors (Lipinski definition) is 5.